The highest BCUT2D eigenvalue weighted by atomic mass is 16.5. The molecule has 1 unspecified atom stereocenters. The van der Waals surface area contributed by atoms with Gasteiger partial charge in [-0.3, -0.25) is 4.79 Å². The summed E-state index contributed by atoms with van der Waals surface area (Å²) in [5, 5.41) is 9.74. The van der Waals surface area contributed by atoms with Crippen LogP contribution < -0.4 is 4.74 Å². The van der Waals surface area contributed by atoms with Crippen molar-refractivity contribution in [1.82, 2.24) is 9.97 Å². The Morgan fingerprint density at radius 2 is 1.43 bits per heavy atom. The van der Waals surface area contributed by atoms with Gasteiger partial charge in [0.1, 0.15) is 0 Å². The minimum absolute atomic E-state index is 0.465. The van der Waals surface area contributed by atoms with Crippen LogP contribution in [0.5, 0.6) is 5.75 Å². The molecular formula is C29H44N2O4. The Bertz CT molecular complexity index is 808. The molecule has 0 aliphatic carbocycles. The van der Waals surface area contributed by atoms with Gasteiger partial charge in [-0.15, -0.1) is 0 Å². The molecule has 1 heterocycles. The highest BCUT2D eigenvalue weighted by molar-refractivity contribution is 5.76. The molecule has 0 aliphatic rings. The number of nitrogens with zero attached hydrogens (tertiary/aromatic N) is 2. The Kier molecular flexibility index (Phi) is 14.7. The lowest BCUT2D eigenvalue weighted by Gasteiger charge is -2.13. The lowest BCUT2D eigenvalue weighted by molar-refractivity contribution is -0.139. The smallest absolute Gasteiger partial charge is 0.310 e. The molecule has 6 heteroatoms. The summed E-state index contributed by atoms with van der Waals surface area (Å²) in [6.45, 7) is 6.53. The number of carbonyl (C=O) groups is 1. The van der Waals surface area contributed by atoms with E-state index >= 15 is 0 Å². The molecule has 0 aliphatic heterocycles. The fourth-order valence-electron chi connectivity index (χ4n) is 4.06. The molecule has 6 nitrogen and oxygen atoms in total. The van der Waals surface area contributed by atoms with Gasteiger partial charge in [-0.25, -0.2) is 9.97 Å². The number of aromatic nitrogens is 2. The lowest BCUT2D eigenvalue weighted by Crippen LogP contribution is -2.11. The number of benzene rings is 1. The van der Waals surface area contributed by atoms with E-state index in [-0.39, 0.29) is 0 Å². The van der Waals surface area contributed by atoms with E-state index in [1.165, 1.54) is 38.5 Å². The number of carboxylic acid groups (broad SMARTS) is 1. The van der Waals surface area contributed by atoms with E-state index in [2.05, 4.69) is 23.8 Å². The first kappa shape index (κ1) is 28.8. The average molecular weight is 485 g/mol. The summed E-state index contributed by atoms with van der Waals surface area (Å²) in [6, 6.07) is 7.61. The minimum Gasteiger partial charge on any atom is -0.490 e. The monoisotopic (exact) mass is 484 g/mol. The van der Waals surface area contributed by atoms with Crippen LogP contribution in [0.2, 0.25) is 0 Å². The molecule has 1 aromatic heterocycles. The maximum Gasteiger partial charge on any atom is 0.310 e. The fourth-order valence-corrected chi connectivity index (χ4v) is 4.06. The summed E-state index contributed by atoms with van der Waals surface area (Å²) in [5.74, 6) is 0.0338. The first-order valence-corrected chi connectivity index (χ1v) is 13.5. The Hall–Kier alpha value is -2.47. The van der Waals surface area contributed by atoms with Gasteiger partial charge in [0.25, 0.3) is 0 Å². The molecule has 0 radical (unpaired) electrons. The van der Waals surface area contributed by atoms with Crippen LogP contribution in [-0.2, 0) is 9.53 Å². The van der Waals surface area contributed by atoms with Gasteiger partial charge in [0.15, 0.2) is 11.6 Å². The van der Waals surface area contributed by atoms with Crippen molar-refractivity contribution in [2.75, 3.05) is 19.8 Å². The molecule has 0 bridgehead atoms. The van der Waals surface area contributed by atoms with E-state index in [0.29, 0.717) is 24.6 Å². The molecule has 0 fully saturated rings. The van der Waals surface area contributed by atoms with Gasteiger partial charge in [0, 0.05) is 18.8 Å². The van der Waals surface area contributed by atoms with Crippen LogP contribution in [0.1, 0.15) is 102 Å². The average Bonchev–Trinajstić information content (AvgIpc) is 2.88. The Balaban J connectivity index is 1.77. The molecule has 2 aromatic rings. The van der Waals surface area contributed by atoms with E-state index in [1.807, 2.05) is 24.3 Å². The summed E-state index contributed by atoms with van der Waals surface area (Å²) in [6.07, 6.45) is 16.7. The van der Waals surface area contributed by atoms with Crippen molar-refractivity contribution in [2.24, 2.45) is 0 Å². The van der Waals surface area contributed by atoms with Gasteiger partial charge in [-0.1, -0.05) is 89.5 Å². The second-order valence-corrected chi connectivity index (χ2v) is 9.19. The molecule has 0 saturated heterocycles. The van der Waals surface area contributed by atoms with Crippen molar-refractivity contribution in [1.29, 1.82) is 0 Å². The fraction of sp³-hybridized carbons (Fsp3) is 0.621. The first-order chi connectivity index (χ1) is 17.2. The molecule has 2 rings (SSSR count). The molecule has 0 saturated carbocycles. The third-order valence-electron chi connectivity index (χ3n) is 6.14. The standard InChI is InChI=1S/C29H44N2O4/c1-3-5-6-7-8-9-10-11-14-27(29(32)33)24-15-17-25(18-16-24)28-30-22-26(23-31-28)35-21-13-12-20-34-19-4-2/h15-18,22-23,27H,3-14,19-21H2,1-2H3,(H,32,33). The van der Waals surface area contributed by atoms with Crippen molar-refractivity contribution in [3.63, 3.8) is 0 Å². The summed E-state index contributed by atoms with van der Waals surface area (Å²) in [5.41, 5.74) is 1.71. The zero-order valence-electron chi connectivity index (χ0n) is 21.7. The van der Waals surface area contributed by atoms with Crippen molar-refractivity contribution in [3.05, 3.63) is 42.2 Å². The second-order valence-electron chi connectivity index (χ2n) is 9.19. The lowest BCUT2D eigenvalue weighted by atomic mass is 9.92. The number of hydrogen-bond donors (Lipinski definition) is 1. The molecule has 194 valence electrons. The Morgan fingerprint density at radius 3 is 2.06 bits per heavy atom. The Morgan fingerprint density at radius 1 is 0.800 bits per heavy atom. The van der Waals surface area contributed by atoms with Gasteiger partial charge < -0.3 is 14.6 Å². The second kappa shape index (κ2) is 17.9. The molecule has 0 amide bonds. The van der Waals surface area contributed by atoms with Gasteiger partial charge >= 0.3 is 5.97 Å². The molecule has 1 atom stereocenters. The third kappa shape index (κ3) is 11.7. The summed E-state index contributed by atoms with van der Waals surface area (Å²) in [7, 11) is 0. The largest absolute Gasteiger partial charge is 0.490 e. The van der Waals surface area contributed by atoms with Crippen LogP contribution in [0.25, 0.3) is 11.4 Å². The number of aliphatic carboxylic acids is 1. The topological polar surface area (TPSA) is 81.5 Å². The summed E-state index contributed by atoms with van der Waals surface area (Å²) in [4.78, 5) is 20.7. The maximum absolute atomic E-state index is 11.9. The minimum atomic E-state index is -0.754. The van der Waals surface area contributed by atoms with Gasteiger partial charge in [-0.2, -0.15) is 0 Å². The van der Waals surface area contributed by atoms with Crippen LogP contribution in [0, 0.1) is 0 Å². The first-order valence-electron chi connectivity index (χ1n) is 13.5. The predicted octanol–water partition coefficient (Wildman–Crippen LogP) is 7.43. The van der Waals surface area contributed by atoms with Gasteiger partial charge in [0.2, 0.25) is 0 Å². The Labute approximate surface area is 211 Å². The molecule has 1 aromatic carbocycles. The molecule has 0 spiro atoms. The number of hydrogen-bond acceptors (Lipinski definition) is 5. The van der Waals surface area contributed by atoms with Crippen molar-refractivity contribution >= 4 is 5.97 Å². The van der Waals surface area contributed by atoms with Crippen LogP contribution in [0.4, 0.5) is 0 Å². The van der Waals surface area contributed by atoms with Gasteiger partial charge in [-0.05, 0) is 31.2 Å². The van der Waals surface area contributed by atoms with Crippen molar-refractivity contribution < 1.29 is 19.4 Å². The highest BCUT2D eigenvalue weighted by Gasteiger charge is 2.19. The molecule has 35 heavy (non-hydrogen) atoms. The molecule has 1 N–H and O–H groups in total. The summed E-state index contributed by atoms with van der Waals surface area (Å²) < 4.78 is 11.2. The number of unbranched alkanes of at least 4 members (excludes halogenated alkanes) is 8. The SMILES string of the molecule is CCCCCCCCCCC(C(=O)O)c1ccc(-c2ncc(OCCCCOCCC)cn2)cc1. The normalized spacial score (nSPS) is 11.9. The van der Waals surface area contributed by atoms with Crippen LogP contribution in [0.15, 0.2) is 36.7 Å². The van der Waals surface area contributed by atoms with E-state index in [9.17, 15) is 9.90 Å². The van der Waals surface area contributed by atoms with Crippen molar-refractivity contribution in [2.45, 2.75) is 96.8 Å². The van der Waals surface area contributed by atoms with E-state index < -0.39 is 11.9 Å². The van der Waals surface area contributed by atoms with E-state index in [4.69, 9.17) is 9.47 Å². The van der Waals surface area contributed by atoms with Gasteiger partial charge in [0.05, 0.1) is 24.9 Å². The number of rotatable bonds is 20. The van der Waals surface area contributed by atoms with Crippen LogP contribution >= 0.6 is 0 Å². The zero-order valence-corrected chi connectivity index (χ0v) is 21.7. The van der Waals surface area contributed by atoms with Crippen LogP contribution in [0.3, 0.4) is 0 Å². The van der Waals surface area contributed by atoms with Crippen molar-refractivity contribution in [3.8, 4) is 17.1 Å². The van der Waals surface area contributed by atoms with E-state index in [0.717, 1.165) is 56.4 Å². The van der Waals surface area contributed by atoms with E-state index in [1.54, 1.807) is 12.4 Å². The zero-order chi connectivity index (χ0) is 25.1. The van der Waals surface area contributed by atoms with Crippen LogP contribution in [-0.4, -0.2) is 40.9 Å². The maximum atomic E-state index is 11.9. The number of carboxylic acids is 1. The summed E-state index contributed by atoms with van der Waals surface area (Å²) >= 11 is 0. The highest BCUT2D eigenvalue weighted by Crippen LogP contribution is 2.26. The number of ether oxygens (including phenoxy) is 2. The predicted molar refractivity (Wildman–Crippen MR) is 141 cm³/mol. The quantitative estimate of drug-likeness (QED) is 0.197. The third-order valence-corrected chi connectivity index (χ3v) is 6.14. The molecular weight excluding hydrogens is 440 g/mol.